The topological polar surface area (TPSA) is 3.24 Å². The number of halogens is 1. The minimum Gasteiger partial charge on any atom is -0.337 e. The summed E-state index contributed by atoms with van der Waals surface area (Å²) in [6.07, 6.45) is 11.8. The smallest absolute Gasteiger partial charge is 0.146 e. The Hall–Kier alpha value is -4.43. The van der Waals surface area contributed by atoms with Gasteiger partial charge in [-0.1, -0.05) is 111 Å². The second kappa shape index (κ2) is 9.04. The van der Waals surface area contributed by atoms with E-state index in [1.807, 2.05) is 12.1 Å². The van der Waals surface area contributed by atoms with Crippen molar-refractivity contribution in [2.24, 2.45) is 0 Å². The second-order valence-electron chi connectivity index (χ2n) is 12.1. The number of allylic oxidation sites excluding steroid dienone is 7. The zero-order chi connectivity index (χ0) is 27.7. The van der Waals surface area contributed by atoms with Crippen LogP contribution in [0.2, 0.25) is 0 Å². The molecular formula is C39H32FN. The van der Waals surface area contributed by atoms with Gasteiger partial charge >= 0.3 is 0 Å². The second-order valence-corrected chi connectivity index (χ2v) is 12.1. The van der Waals surface area contributed by atoms with Gasteiger partial charge in [-0.05, 0) is 74.9 Å². The first kappa shape index (κ1) is 24.4. The molecule has 0 fully saturated rings. The third-order valence-electron chi connectivity index (χ3n) is 9.60. The summed E-state index contributed by atoms with van der Waals surface area (Å²) in [5, 5.41) is 0. The minimum atomic E-state index is -1.25. The van der Waals surface area contributed by atoms with E-state index in [9.17, 15) is 0 Å². The first-order chi connectivity index (χ1) is 20.0. The van der Waals surface area contributed by atoms with Gasteiger partial charge in [0.2, 0.25) is 0 Å². The van der Waals surface area contributed by atoms with E-state index in [1.54, 1.807) is 0 Å². The molecule has 0 amide bonds. The van der Waals surface area contributed by atoms with Crippen LogP contribution in [0, 0.1) is 0 Å². The zero-order valence-electron chi connectivity index (χ0n) is 23.4. The molecule has 0 aromatic heterocycles. The van der Waals surface area contributed by atoms with Gasteiger partial charge in [0, 0.05) is 40.7 Å². The van der Waals surface area contributed by atoms with Crippen molar-refractivity contribution >= 4 is 16.9 Å². The Morgan fingerprint density at radius 2 is 1.39 bits per heavy atom. The van der Waals surface area contributed by atoms with Gasteiger partial charge in [0.15, 0.2) is 0 Å². The molecule has 4 aromatic rings. The number of fused-ring (bicyclic) bond motifs is 10. The molecule has 4 aliphatic rings. The Bertz CT molecular complexity index is 1820. The lowest BCUT2D eigenvalue weighted by atomic mass is 9.69. The molecule has 4 aromatic carbocycles. The number of rotatable bonds is 1. The number of hydrogen-bond donors (Lipinski definition) is 0. The lowest BCUT2D eigenvalue weighted by Gasteiger charge is -2.36. The Labute approximate surface area is 241 Å². The number of anilines is 2. The maximum Gasteiger partial charge on any atom is 0.146 e. The quantitative estimate of drug-likeness (QED) is 0.235. The fraction of sp³-hybridized carbons (Fsp3) is 0.179. The van der Waals surface area contributed by atoms with Gasteiger partial charge in [-0.3, -0.25) is 0 Å². The Morgan fingerprint density at radius 1 is 0.707 bits per heavy atom. The number of alkyl halides is 1. The van der Waals surface area contributed by atoms with Crippen molar-refractivity contribution < 1.29 is 4.39 Å². The van der Waals surface area contributed by atoms with E-state index in [0.29, 0.717) is 6.54 Å². The van der Waals surface area contributed by atoms with E-state index in [-0.39, 0.29) is 17.3 Å². The van der Waals surface area contributed by atoms with Crippen LogP contribution in [-0.4, -0.2) is 6.54 Å². The van der Waals surface area contributed by atoms with E-state index in [1.165, 1.54) is 33.4 Å². The van der Waals surface area contributed by atoms with Crippen molar-refractivity contribution in [3.63, 3.8) is 0 Å². The summed E-state index contributed by atoms with van der Waals surface area (Å²) in [4.78, 5) is 2.30. The van der Waals surface area contributed by atoms with Gasteiger partial charge in [0.25, 0.3) is 0 Å². The number of para-hydroxylation sites is 1. The highest BCUT2D eigenvalue weighted by atomic mass is 19.1. The maximum absolute atomic E-state index is 17.0. The molecule has 0 bridgehead atoms. The molecule has 3 atom stereocenters. The molecule has 3 aliphatic carbocycles. The minimum absolute atomic E-state index is 0.188. The summed E-state index contributed by atoms with van der Waals surface area (Å²) in [6.45, 7) is 5.19. The Kier molecular flexibility index (Phi) is 5.37. The highest BCUT2D eigenvalue weighted by Crippen LogP contribution is 2.54. The van der Waals surface area contributed by atoms with Gasteiger partial charge in [0.1, 0.15) is 6.17 Å². The lowest BCUT2D eigenvalue weighted by molar-refractivity contribution is 0.415. The summed E-state index contributed by atoms with van der Waals surface area (Å²) in [5.41, 5.74) is 12.2. The highest BCUT2D eigenvalue weighted by molar-refractivity contribution is 5.91. The summed E-state index contributed by atoms with van der Waals surface area (Å²) >= 11 is 0. The Balaban J connectivity index is 1.41. The van der Waals surface area contributed by atoms with Gasteiger partial charge < -0.3 is 4.90 Å². The standard InChI is InChI=1S/C39H32FN/c1-39(2)35-19-11-10-18-30(35)33-23-37(40)34-22-31-28-16-8-6-14-26(28)27-15-7-9-17-29(27)32(31)24-38(34)41(21-20-36(33)39)25-12-4-3-5-13-25/h3-20,22-24,26,28,37H,21H2,1-2H3/b33-23-,36-20-. The molecule has 0 radical (unpaired) electrons. The molecule has 41 heavy (non-hydrogen) atoms. The van der Waals surface area contributed by atoms with Crippen molar-refractivity contribution in [3.8, 4) is 11.1 Å². The third-order valence-corrected chi connectivity index (χ3v) is 9.60. The van der Waals surface area contributed by atoms with Crippen molar-refractivity contribution in [1.29, 1.82) is 0 Å². The van der Waals surface area contributed by atoms with Crippen LogP contribution in [0.5, 0.6) is 0 Å². The normalized spacial score (nSPS) is 25.4. The highest BCUT2D eigenvalue weighted by Gasteiger charge is 2.40. The van der Waals surface area contributed by atoms with Crippen LogP contribution in [0.4, 0.5) is 15.8 Å². The lowest BCUT2D eigenvalue weighted by Crippen LogP contribution is -2.22. The fourth-order valence-electron chi connectivity index (χ4n) is 7.62. The maximum atomic E-state index is 17.0. The predicted molar refractivity (Wildman–Crippen MR) is 168 cm³/mol. The van der Waals surface area contributed by atoms with Crippen LogP contribution < -0.4 is 4.90 Å². The molecule has 1 nitrogen and oxygen atoms in total. The molecule has 3 unspecified atom stereocenters. The molecular weight excluding hydrogens is 501 g/mol. The van der Waals surface area contributed by atoms with Crippen LogP contribution in [0.15, 0.2) is 133 Å². The number of benzene rings is 4. The molecule has 8 rings (SSSR count). The third kappa shape index (κ3) is 3.60. The van der Waals surface area contributed by atoms with Gasteiger partial charge in [-0.15, -0.1) is 0 Å². The van der Waals surface area contributed by atoms with E-state index in [4.69, 9.17) is 0 Å². The molecule has 0 N–H and O–H groups in total. The van der Waals surface area contributed by atoms with Crippen molar-refractivity contribution in [3.05, 3.63) is 161 Å². The molecule has 0 saturated carbocycles. The van der Waals surface area contributed by atoms with E-state index >= 15 is 4.39 Å². The van der Waals surface area contributed by atoms with Crippen molar-refractivity contribution in [2.45, 2.75) is 37.3 Å². The molecule has 0 spiro atoms. The largest absolute Gasteiger partial charge is 0.337 e. The van der Waals surface area contributed by atoms with Crippen LogP contribution >= 0.6 is 0 Å². The first-order valence-corrected chi connectivity index (χ1v) is 14.6. The number of nitrogens with zero attached hydrogens (tertiary/aromatic N) is 1. The molecule has 0 saturated heterocycles. The average Bonchev–Trinajstić information content (AvgIpc) is 3.25. The summed E-state index contributed by atoms with van der Waals surface area (Å²) in [6, 6.07) is 32.1. The van der Waals surface area contributed by atoms with Crippen molar-refractivity contribution in [2.75, 3.05) is 11.4 Å². The predicted octanol–water partition coefficient (Wildman–Crippen LogP) is 10.1. The van der Waals surface area contributed by atoms with E-state index in [2.05, 4.69) is 134 Å². The SMILES string of the molecule is CC1(C)C2=C\CN(c3ccccc3)c3cc4c(cc3C(F)/C=C\2c2ccccc21)C1C=CC=CC1c1ccccc1-4. The van der Waals surface area contributed by atoms with Crippen LogP contribution in [0.3, 0.4) is 0 Å². The molecule has 2 heteroatoms. The van der Waals surface area contributed by atoms with Gasteiger partial charge in [0.05, 0.1) is 0 Å². The van der Waals surface area contributed by atoms with Crippen LogP contribution in [0.1, 0.15) is 59.7 Å². The molecule has 1 aliphatic heterocycles. The van der Waals surface area contributed by atoms with Gasteiger partial charge in [-0.25, -0.2) is 4.39 Å². The fourth-order valence-corrected chi connectivity index (χ4v) is 7.62. The Morgan fingerprint density at radius 3 is 2.20 bits per heavy atom. The molecule has 200 valence electrons. The van der Waals surface area contributed by atoms with E-state index < -0.39 is 6.17 Å². The molecule has 1 heterocycles. The van der Waals surface area contributed by atoms with E-state index in [0.717, 1.165) is 28.1 Å². The number of hydrogen-bond acceptors (Lipinski definition) is 1. The zero-order valence-corrected chi connectivity index (χ0v) is 23.4. The summed E-state index contributed by atoms with van der Waals surface area (Å²) < 4.78 is 17.0. The first-order valence-electron chi connectivity index (χ1n) is 14.6. The monoisotopic (exact) mass is 533 g/mol. The van der Waals surface area contributed by atoms with Crippen molar-refractivity contribution in [1.82, 2.24) is 0 Å². The summed E-state index contributed by atoms with van der Waals surface area (Å²) in [5.74, 6) is 0.447. The van der Waals surface area contributed by atoms with Crippen LogP contribution in [-0.2, 0) is 5.41 Å². The van der Waals surface area contributed by atoms with Crippen LogP contribution in [0.25, 0.3) is 16.7 Å². The summed E-state index contributed by atoms with van der Waals surface area (Å²) in [7, 11) is 0. The van der Waals surface area contributed by atoms with Gasteiger partial charge in [-0.2, -0.15) is 0 Å². The average molecular weight is 534 g/mol.